The summed E-state index contributed by atoms with van der Waals surface area (Å²) in [5.41, 5.74) is 0. The van der Waals surface area contributed by atoms with E-state index in [1.54, 1.807) is 0 Å². The Kier molecular flexibility index (Phi) is 12.5. The average Bonchev–Trinajstić information content (AvgIpc) is 2.41. The van der Waals surface area contributed by atoms with Gasteiger partial charge in [-0.05, 0) is 19.3 Å². The van der Waals surface area contributed by atoms with E-state index in [4.69, 9.17) is 18.9 Å². The molecule has 0 aromatic heterocycles. The summed E-state index contributed by atoms with van der Waals surface area (Å²) in [4.78, 5) is 0. The first-order valence-corrected chi connectivity index (χ1v) is 8.08. The van der Waals surface area contributed by atoms with Crippen LogP contribution in [0.2, 0.25) is 0 Å². The Morgan fingerprint density at radius 3 is 1.53 bits per heavy atom. The predicted octanol–water partition coefficient (Wildman–Crippen LogP) is 1.89. The first-order chi connectivity index (χ1) is 9.39. The lowest BCUT2D eigenvalue weighted by molar-refractivity contribution is 0.0115. The van der Waals surface area contributed by atoms with Gasteiger partial charge in [-0.1, -0.05) is 0 Å². The summed E-state index contributed by atoms with van der Waals surface area (Å²) >= 11 is 2.32. The van der Waals surface area contributed by atoms with Gasteiger partial charge >= 0.3 is 0 Å². The molecule has 6 heteroatoms. The topological polar surface area (TPSA) is 40.2 Å². The first-order valence-electron chi connectivity index (χ1n) is 7.11. The molecule has 0 unspecified atom stereocenters. The first kappa shape index (κ1) is 17.6. The molecule has 19 heavy (non-hydrogen) atoms. The van der Waals surface area contributed by atoms with Crippen LogP contribution in [0.3, 0.4) is 0 Å². The summed E-state index contributed by atoms with van der Waals surface area (Å²) in [6, 6.07) is 0. The lowest BCUT2D eigenvalue weighted by atomic mass is 10.2. The zero-order valence-corrected chi connectivity index (χ0v) is 13.8. The summed E-state index contributed by atoms with van der Waals surface area (Å²) in [6.07, 6.45) is 3.39. The van der Waals surface area contributed by atoms with E-state index < -0.39 is 0 Å². The van der Waals surface area contributed by atoms with Gasteiger partial charge in [0.2, 0.25) is 0 Å². The fraction of sp³-hybridized carbons (Fsp3) is 1.00. The van der Waals surface area contributed by atoms with E-state index >= 15 is 0 Å². The molecule has 0 N–H and O–H groups in total. The van der Waals surface area contributed by atoms with Crippen molar-refractivity contribution in [3.63, 3.8) is 0 Å². The van der Waals surface area contributed by atoms with Crippen LogP contribution in [0.5, 0.6) is 0 Å². The van der Waals surface area contributed by atoms with E-state index in [-0.39, 0.29) is 0 Å². The minimum Gasteiger partial charge on any atom is -0.380 e. The van der Waals surface area contributed by atoms with Crippen LogP contribution in [0.15, 0.2) is 0 Å². The Bertz CT molecular complexity index is 179. The van der Waals surface area contributed by atoms with E-state index in [2.05, 4.69) is 26.0 Å². The van der Waals surface area contributed by atoms with E-state index in [9.17, 15) is 0 Å². The van der Waals surface area contributed by atoms with Crippen LogP contribution in [0.4, 0.5) is 0 Å². The number of ether oxygens (including phenoxy) is 4. The molecule has 0 atom stereocenters. The van der Waals surface area contributed by atoms with Crippen molar-refractivity contribution in [3.05, 3.63) is 0 Å². The van der Waals surface area contributed by atoms with Crippen molar-refractivity contribution in [2.45, 2.75) is 19.3 Å². The summed E-state index contributed by atoms with van der Waals surface area (Å²) in [5, 5.41) is 0. The van der Waals surface area contributed by atoms with Gasteiger partial charge in [-0.2, -0.15) is 0 Å². The molecular formula is C13H26INO4. The molecule has 0 aromatic rings. The lowest BCUT2D eigenvalue weighted by Gasteiger charge is -2.15. The van der Waals surface area contributed by atoms with Crippen molar-refractivity contribution >= 4 is 22.9 Å². The number of halogens is 1. The molecule has 0 aliphatic carbocycles. The van der Waals surface area contributed by atoms with Gasteiger partial charge in [-0.25, -0.2) is 3.11 Å². The third-order valence-corrected chi connectivity index (χ3v) is 3.74. The number of hydrogen-bond donors (Lipinski definition) is 0. The van der Waals surface area contributed by atoms with Gasteiger partial charge in [0.05, 0.1) is 39.6 Å². The normalized spacial score (nSPS) is 24.5. The third kappa shape index (κ3) is 12.0. The monoisotopic (exact) mass is 387 g/mol. The minimum absolute atomic E-state index is 0.647. The van der Waals surface area contributed by atoms with Crippen molar-refractivity contribution in [2.75, 3.05) is 65.9 Å². The van der Waals surface area contributed by atoms with E-state index in [0.717, 1.165) is 52.4 Å². The zero-order valence-electron chi connectivity index (χ0n) is 11.7. The standard InChI is InChI=1S/C13H26INO4/c14-15-4-8-16-6-2-1-3-7-17-10-12-19-13-11-18-9-5-15/h1-13H2. The highest BCUT2D eigenvalue weighted by Crippen LogP contribution is 2.00. The fourth-order valence-electron chi connectivity index (χ4n) is 1.67. The second kappa shape index (κ2) is 13.5. The molecule has 0 spiro atoms. The largest absolute Gasteiger partial charge is 0.380 e. The van der Waals surface area contributed by atoms with Crippen LogP contribution < -0.4 is 0 Å². The minimum atomic E-state index is 0.647. The highest BCUT2D eigenvalue weighted by atomic mass is 127. The lowest BCUT2D eigenvalue weighted by Crippen LogP contribution is -2.23. The third-order valence-electron chi connectivity index (χ3n) is 2.78. The van der Waals surface area contributed by atoms with Crippen LogP contribution in [0.25, 0.3) is 0 Å². The molecule has 1 aliphatic rings. The van der Waals surface area contributed by atoms with E-state index in [1.807, 2.05) is 0 Å². The van der Waals surface area contributed by atoms with E-state index in [0.29, 0.717) is 26.4 Å². The molecule has 0 aromatic carbocycles. The molecule has 0 radical (unpaired) electrons. The maximum Gasteiger partial charge on any atom is 0.0701 e. The summed E-state index contributed by atoms with van der Waals surface area (Å²) in [6.45, 7) is 7.71. The van der Waals surface area contributed by atoms with Gasteiger partial charge in [0, 0.05) is 49.2 Å². The summed E-state index contributed by atoms with van der Waals surface area (Å²) < 4.78 is 24.2. The Morgan fingerprint density at radius 1 is 0.526 bits per heavy atom. The molecule has 1 saturated heterocycles. The highest BCUT2D eigenvalue weighted by Gasteiger charge is 2.01. The molecule has 0 bridgehead atoms. The van der Waals surface area contributed by atoms with Crippen molar-refractivity contribution in [1.29, 1.82) is 0 Å². The fourth-order valence-corrected chi connectivity index (χ4v) is 2.06. The quantitative estimate of drug-likeness (QED) is 0.469. The summed E-state index contributed by atoms with van der Waals surface area (Å²) in [7, 11) is 0. The van der Waals surface area contributed by atoms with Crippen LogP contribution in [0.1, 0.15) is 19.3 Å². The molecule has 5 nitrogen and oxygen atoms in total. The van der Waals surface area contributed by atoms with Gasteiger partial charge in [-0.3, -0.25) is 0 Å². The van der Waals surface area contributed by atoms with Crippen molar-refractivity contribution in [3.8, 4) is 0 Å². The maximum atomic E-state index is 5.60. The number of hydrogen-bond acceptors (Lipinski definition) is 5. The molecule has 1 heterocycles. The molecule has 0 amide bonds. The highest BCUT2D eigenvalue weighted by molar-refractivity contribution is 14.1. The second-order valence-electron chi connectivity index (χ2n) is 4.42. The van der Waals surface area contributed by atoms with Crippen LogP contribution in [-0.4, -0.2) is 69.1 Å². The average molecular weight is 387 g/mol. The van der Waals surface area contributed by atoms with Crippen molar-refractivity contribution in [2.24, 2.45) is 0 Å². The van der Waals surface area contributed by atoms with Gasteiger partial charge < -0.3 is 18.9 Å². The van der Waals surface area contributed by atoms with E-state index in [1.165, 1.54) is 6.42 Å². The Hall–Kier alpha value is 0.530. The molecule has 0 saturated carbocycles. The molecule has 1 rings (SSSR count). The molecule has 1 fully saturated rings. The van der Waals surface area contributed by atoms with Gasteiger partial charge in [0.15, 0.2) is 0 Å². The smallest absolute Gasteiger partial charge is 0.0701 e. The Labute approximate surface area is 130 Å². The zero-order chi connectivity index (χ0) is 13.6. The number of nitrogens with zero attached hydrogens (tertiary/aromatic N) is 1. The molecular weight excluding hydrogens is 361 g/mol. The Morgan fingerprint density at radius 2 is 0.947 bits per heavy atom. The predicted molar refractivity (Wildman–Crippen MR) is 82.7 cm³/mol. The van der Waals surface area contributed by atoms with Gasteiger partial charge in [-0.15, -0.1) is 0 Å². The van der Waals surface area contributed by atoms with Gasteiger partial charge in [0.25, 0.3) is 0 Å². The maximum absolute atomic E-state index is 5.60. The molecule has 1 aliphatic heterocycles. The van der Waals surface area contributed by atoms with Crippen molar-refractivity contribution in [1.82, 2.24) is 3.11 Å². The van der Waals surface area contributed by atoms with Crippen molar-refractivity contribution < 1.29 is 18.9 Å². The molecule has 114 valence electrons. The SMILES string of the molecule is IN1CCOCCCCCOCCOCCOCC1. The van der Waals surface area contributed by atoms with Crippen LogP contribution >= 0.6 is 22.9 Å². The Balaban J connectivity index is 2.08. The second-order valence-corrected chi connectivity index (χ2v) is 5.78. The van der Waals surface area contributed by atoms with Crippen LogP contribution in [-0.2, 0) is 18.9 Å². The van der Waals surface area contributed by atoms with Gasteiger partial charge in [0.1, 0.15) is 0 Å². The van der Waals surface area contributed by atoms with Crippen LogP contribution in [0, 0.1) is 0 Å². The summed E-state index contributed by atoms with van der Waals surface area (Å²) in [5.74, 6) is 0. The number of rotatable bonds is 0.